The number of carbonyl (C=O) groups excluding carboxylic acids is 2. The van der Waals surface area contributed by atoms with Crippen molar-refractivity contribution in [3.05, 3.63) is 48.0 Å². The lowest BCUT2D eigenvalue weighted by Crippen LogP contribution is -2.42. The second kappa shape index (κ2) is 6.42. The Morgan fingerprint density at radius 3 is 2.62 bits per heavy atom. The Labute approximate surface area is 143 Å². The van der Waals surface area contributed by atoms with Crippen LogP contribution in [0.25, 0.3) is 0 Å². The van der Waals surface area contributed by atoms with Crippen molar-refractivity contribution in [1.29, 1.82) is 0 Å². The van der Waals surface area contributed by atoms with Gasteiger partial charge in [0.15, 0.2) is 0 Å². The number of likely N-dealkylation sites (tertiary alicyclic amines) is 2. The minimum atomic E-state index is -0.161. The molecule has 0 saturated carbocycles. The van der Waals surface area contributed by atoms with Crippen LogP contribution in [0.2, 0.25) is 0 Å². The molecular formula is C20H24N2O2. The number of amides is 2. The van der Waals surface area contributed by atoms with E-state index in [2.05, 4.69) is 24.3 Å². The van der Waals surface area contributed by atoms with Crippen molar-refractivity contribution in [3.63, 3.8) is 0 Å². The third-order valence-corrected chi connectivity index (χ3v) is 5.65. The maximum absolute atomic E-state index is 13.0. The molecule has 2 heterocycles. The molecule has 3 aliphatic rings. The summed E-state index contributed by atoms with van der Waals surface area (Å²) >= 11 is 0. The van der Waals surface area contributed by atoms with Crippen LogP contribution in [0.5, 0.6) is 0 Å². The molecule has 3 atom stereocenters. The van der Waals surface area contributed by atoms with E-state index < -0.39 is 0 Å². The summed E-state index contributed by atoms with van der Waals surface area (Å²) in [5.74, 6) is 0.220. The molecule has 2 fully saturated rings. The second-order valence-corrected chi connectivity index (χ2v) is 7.20. The van der Waals surface area contributed by atoms with E-state index in [4.69, 9.17) is 0 Å². The van der Waals surface area contributed by atoms with E-state index in [0.717, 1.165) is 38.0 Å². The molecular weight excluding hydrogens is 300 g/mol. The molecule has 0 radical (unpaired) electrons. The van der Waals surface area contributed by atoms with Gasteiger partial charge in [0.1, 0.15) is 0 Å². The molecule has 0 bridgehead atoms. The molecule has 2 aliphatic heterocycles. The van der Waals surface area contributed by atoms with Gasteiger partial charge in [0, 0.05) is 32.1 Å². The van der Waals surface area contributed by atoms with Gasteiger partial charge < -0.3 is 9.80 Å². The van der Waals surface area contributed by atoms with E-state index in [1.54, 1.807) is 0 Å². The highest BCUT2D eigenvalue weighted by Crippen LogP contribution is 2.39. The Balaban J connectivity index is 1.51. The van der Waals surface area contributed by atoms with Crippen molar-refractivity contribution in [3.8, 4) is 0 Å². The summed E-state index contributed by atoms with van der Waals surface area (Å²) in [6.45, 7) is 3.10. The second-order valence-electron chi connectivity index (χ2n) is 7.20. The van der Waals surface area contributed by atoms with E-state index in [9.17, 15) is 9.59 Å². The van der Waals surface area contributed by atoms with Crippen LogP contribution >= 0.6 is 0 Å². The molecule has 0 N–H and O–H groups in total. The molecule has 0 spiro atoms. The molecule has 1 aliphatic carbocycles. The van der Waals surface area contributed by atoms with Crippen LogP contribution in [0.1, 0.15) is 24.8 Å². The van der Waals surface area contributed by atoms with E-state index in [-0.39, 0.29) is 29.6 Å². The number of nitrogens with zero attached hydrogens (tertiary/aromatic N) is 2. The topological polar surface area (TPSA) is 40.6 Å². The van der Waals surface area contributed by atoms with Crippen LogP contribution < -0.4 is 0 Å². The summed E-state index contributed by atoms with van der Waals surface area (Å²) in [6, 6.07) is 10.1. The average Bonchev–Trinajstić information content (AvgIpc) is 3.24. The van der Waals surface area contributed by atoms with E-state index >= 15 is 0 Å². The Kier molecular flexibility index (Phi) is 4.13. The quantitative estimate of drug-likeness (QED) is 0.802. The lowest BCUT2D eigenvalue weighted by Gasteiger charge is -2.30. The molecule has 24 heavy (non-hydrogen) atoms. The van der Waals surface area contributed by atoms with Crippen molar-refractivity contribution < 1.29 is 9.59 Å². The van der Waals surface area contributed by atoms with E-state index in [1.807, 2.05) is 28.0 Å². The number of benzene rings is 1. The number of hydrogen-bond acceptors (Lipinski definition) is 2. The Hall–Kier alpha value is -2.10. The van der Waals surface area contributed by atoms with Crippen molar-refractivity contribution in [1.82, 2.24) is 9.80 Å². The summed E-state index contributed by atoms with van der Waals surface area (Å²) in [5.41, 5.74) is 1.15. The lowest BCUT2D eigenvalue weighted by molar-refractivity contribution is -0.143. The number of rotatable bonds is 3. The first-order valence-electron chi connectivity index (χ1n) is 9.02. The Morgan fingerprint density at radius 1 is 1.12 bits per heavy atom. The average molecular weight is 324 g/mol. The van der Waals surface area contributed by atoms with Gasteiger partial charge in [-0.05, 0) is 24.8 Å². The van der Waals surface area contributed by atoms with Crippen molar-refractivity contribution >= 4 is 11.8 Å². The maximum atomic E-state index is 13.0. The van der Waals surface area contributed by atoms with Gasteiger partial charge in [0.25, 0.3) is 0 Å². The summed E-state index contributed by atoms with van der Waals surface area (Å²) in [7, 11) is 0. The summed E-state index contributed by atoms with van der Waals surface area (Å²) in [6.07, 6.45) is 7.16. The van der Waals surface area contributed by atoms with Gasteiger partial charge in [-0.2, -0.15) is 0 Å². The van der Waals surface area contributed by atoms with Crippen LogP contribution in [-0.4, -0.2) is 41.2 Å². The molecule has 126 valence electrons. The highest BCUT2D eigenvalue weighted by atomic mass is 16.2. The van der Waals surface area contributed by atoms with Crippen molar-refractivity contribution in [2.24, 2.45) is 17.8 Å². The van der Waals surface area contributed by atoms with Gasteiger partial charge in [-0.25, -0.2) is 0 Å². The summed E-state index contributed by atoms with van der Waals surface area (Å²) < 4.78 is 0. The fourth-order valence-corrected chi connectivity index (χ4v) is 4.42. The zero-order valence-corrected chi connectivity index (χ0v) is 13.9. The largest absolute Gasteiger partial charge is 0.342 e. The number of carbonyl (C=O) groups is 2. The monoisotopic (exact) mass is 324 g/mol. The first-order chi connectivity index (χ1) is 11.7. The summed E-state index contributed by atoms with van der Waals surface area (Å²) in [5, 5.41) is 0. The van der Waals surface area contributed by atoms with Crippen LogP contribution in [0, 0.1) is 17.8 Å². The highest BCUT2D eigenvalue weighted by molar-refractivity contribution is 5.90. The number of fused-ring (bicyclic) bond motifs is 1. The number of allylic oxidation sites excluding steroid dienone is 1. The zero-order valence-electron chi connectivity index (χ0n) is 13.9. The molecule has 3 unspecified atom stereocenters. The molecule has 4 rings (SSSR count). The van der Waals surface area contributed by atoms with Gasteiger partial charge in [-0.15, -0.1) is 0 Å². The van der Waals surface area contributed by atoms with Crippen LogP contribution in [0.15, 0.2) is 42.5 Å². The maximum Gasteiger partial charge on any atom is 0.227 e. The van der Waals surface area contributed by atoms with Crippen molar-refractivity contribution in [2.45, 2.75) is 25.8 Å². The van der Waals surface area contributed by atoms with Gasteiger partial charge in [-0.3, -0.25) is 9.59 Å². The van der Waals surface area contributed by atoms with Crippen LogP contribution in [0.4, 0.5) is 0 Å². The Bertz CT molecular complexity index is 649. The zero-order chi connectivity index (χ0) is 16.5. The third-order valence-electron chi connectivity index (χ3n) is 5.65. The van der Waals surface area contributed by atoms with Crippen LogP contribution in [-0.2, 0) is 16.1 Å². The number of hydrogen-bond donors (Lipinski definition) is 0. The van der Waals surface area contributed by atoms with Gasteiger partial charge in [0.2, 0.25) is 11.8 Å². The minimum absolute atomic E-state index is 0.158. The molecule has 1 aromatic carbocycles. The fourth-order valence-electron chi connectivity index (χ4n) is 4.42. The van der Waals surface area contributed by atoms with Gasteiger partial charge >= 0.3 is 0 Å². The first kappa shape index (κ1) is 15.4. The molecule has 2 saturated heterocycles. The summed E-state index contributed by atoms with van der Waals surface area (Å²) in [4.78, 5) is 29.8. The SMILES string of the molecule is O=C(C1CC=CC2CN(Cc3ccccc3)C(=O)C21)N1CCCC1. The molecule has 0 aromatic heterocycles. The smallest absolute Gasteiger partial charge is 0.227 e. The molecule has 2 amide bonds. The minimum Gasteiger partial charge on any atom is -0.342 e. The predicted octanol–water partition coefficient (Wildman–Crippen LogP) is 2.46. The van der Waals surface area contributed by atoms with E-state index in [1.165, 1.54) is 0 Å². The molecule has 4 nitrogen and oxygen atoms in total. The lowest BCUT2D eigenvalue weighted by atomic mass is 9.77. The fraction of sp³-hybridized carbons (Fsp3) is 0.500. The first-order valence-corrected chi connectivity index (χ1v) is 9.02. The van der Waals surface area contributed by atoms with Crippen LogP contribution in [0.3, 0.4) is 0 Å². The third kappa shape index (κ3) is 2.74. The van der Waals surface area contributed by atoms with Crippen molar-refractivity contribution in [2.75, 3.05) is 19.6 Å². The van der Waals surface area contributed by atoms with E-state index in [0.29, 0.717) is 13.0 Å². The molecule has 1 aromatic rings. The standard InChI is InChI=1S/C20H24N2O2/c23-19(21-11-4-5-12-21)17-10-6-9-16-14-22(20(24)18(16)17)13-15-7-2-1-3-8-15/h1-3,6-9,16-18H,4-5,10-14H2. The highest BCUT2D eigenvalue weighted by Gasteiger charge is 2.48. The molecule has 4 heteroatoms. The predicted molar refractivity (Wildman–Crippen MR) is 91.9 cm³/mol. The van der Waals surface area contributed by atoms with Gasteiger partial charge in [-0.1, -0.05) is 42.5 Å². The Morgan fingerprint density at radius 2 is 1.88 bits per heavy atom. The van der Waals surface area contributed by atoms with Gasteiger partial charge in [0.05, 0.1) is 11.8 Å². The normalized spacial score (nSPS) is 29.2.